The zero-order valence-electron chi connectivity index (χ0n) is 9.16. The van der Waals surface area contributed by atoms with Gasteiger partial charge in [0.1, 0.15) is 17.2 Å². The van der Waals surface area contributed by atoms with Crippen molar-refractivity contribution in [2.45, 2.75) is 39.7 Å². The monoisotopic (exact) mass is 195 g/mol. The largest absolute Gasteiger partial charge is 0.472 e. The predicted molar refractivity (Wildman–Crippen MR) is 56.2 cm³/mol. The van der Waals surface area contributed by atoms with Crippen LogP contribution >= 0.6 is 0 Å². The van der Waals surface area contributed by atoms with Crippen LogP contribution in [-0.2, 0) is 0 Å². The normalized spacial score (nSPS) is 11.4. The summed E-state index contributed by atoms with van der Waals surface area (Å²) in [4.78, 5) is 8.13. The van der Waals surface area contributed by atoms with Crippen molar-refractivity contribution in [2.75, 3.05) is 5.73 Å². The number of aryl methyl sites for hydroxylation is 1. The molecule has 14 heavy (non-hydrogen) atoms. The van der Waals surface area contributed by atoms with E-state index >= 15 is 0 Å². The van der Waals surface area contributed by atoms with E-state index in [2.05, 4.69) is 16.9 Å². The van der Waals surface area contributed by atoms with Crippen LogP contribution in [0.2, 0.25) is 0 Å². The van der Waals surface area contributed by atoms with Gasteiger partial charge in [0, 0.05) is 6.07 Å². The molecule has 0 aliphatic carbocycles. The van der Waals surface area contributed by atoms with E-state index in [-0.39, 0.29) is 5.60 Å². The lowest BCUT2D eigenvalue weighted by atomic mass is 10.1. The molecule has 0 saturated carbocycles. The molecule has 0 bridgehead atoms. The van der Waals surface area contributed by atoms with Crippen molar-refractivity contribution in [3.63, 3.8) is 0 Å². The van der Waals surface area contributed by atoms with Crippen LogP contribution in [0.3, 0.4) is 0 Å². The predicted octanol–water partition coefficient (Wildman–Crippen LogP) is 1.93. The van der Waals surface area contributed by atoms with Crippen molar-refractivity contribution in [1.29, 1.82) is 0 Å². The summed E-state index contributed by atoms with van der Waals surface area (Å²) < 4.78 is 5.68. The molecule has 0 amide bonds. The van der Waals surface area contributed by atoms with Crippen molar-refractivity contribution in [3.05, 3.63) is 11.9 Å². The minimum Gasteiger partial charge on any atom is -0.472 e. The van der Waals surface area contributed by atoms with E-state index in [1.807, 2.05) is 13.8 Å². The summed E-state index contributed by atoms with van der Waals surface area (Å²) in [5.74, 6) is 1.62. The van der Waals surface area contributed by atoms with Crippen LogP contribution in [0.1, 0.15) is 33.0 Å². The third-order valence-corrected chi connectivity index (χ3v) is 2.07. The third-order valence-electron chi connectivity index (χ3n) is 2.07. The molecule has 1 rings (SSSR count). The van der Waals surface area contributed by atoms with Crippen molar-refractivity contribution in [1.82, 2.24) is 9.97 Å². The highest BCUT2D eigenvalue weighted by Crippen LogP contribution is 2.19. The molecular weight excluding hydrogens is 178 g/mol. The first-order valence-electron chi connectivity index (χ1n) is 4.73. The molecule has 1 aromatic rings. The second-order valence-corrected chi connectivity index (χ2v) is 3.89. The number of hydrogen-bond donors (Lipinski definition) is 1. The minimum absolute atomic E-state index is 0.215. The van der Waals surface area contributed by atoms with Gasteiger partial charge in [0.15, 0.2) is 0 Å². The Bertz CT molecular complexity index is 303. The van der Waals surface area contributed by atoms with E-state index in [1.165, 1.54) is 0 Å². The Kier molecular flexibility index (Phi) is 2.93. The third kappa shape index (κ3) is 2.87. The Morgan fingerprint density at radius 3 is 2.57 bits per heavy atom. The van der Waals surface area contributed by atoms with Crippen LogP contribution in [0.4, 0.5) is 5.82 Å². The highest BCUT2D eigenvalue weighted by Gasteiger charge is 2.17. The van der Waals surface area contributed by atoms with Gasteiger partial charge < -0.3 is 10.5 Å². The lowest BCUT2D eigenvalue weighted by molar-refractivity contribution is 0.0987. The van der Waals surface area contributed by atoms with Crippen LogP contribution in [0.15, 0.2) is 6.07 Å². The molecule has 0 fully saturated rings. The van der Waals surface area contributed by atoms with Crippen molar-refractivity contribution in [2.24, 2.45) is 0 Å². The van der Waals surface area contributed by atoms with Gasteiger partial charge in [-0.25, -0.2) is 4.98 Å². The Morgan fingerprint density at radius 2 is 2.07 bits per heavy atom. The zero-order valence-corrected chi connectivity index (χ0v) is 9.16. The van der Waals surface area contributed by atoms with E-state index in [4.69, 9.17) is 10.5 Å². The molecule has 0 radical (unpaired) electrons. The smallest absolute Gasteiger partial charge is 0.219 e. The van der Waals surface area contributed by atoms with E-state index < -0.39 is 0 Å². The van der Waals surface area contributed by atoms with Gasteiger partial charge in [0.2, 0.25) is 5.88 Å². The molecule has 1 heterocycles. The molecule has 4 nitrogen and oxygen atoms in total. The molecule has 78 valence electrons. The van der Waals surface area contributed by atoms with Gasteiger partial charge >= 0.3 is 0 Å². The molecule has 0 aromatic carbocycles. The quantitative estimate of drug-likeness (QED) is 0.800. The van der Waals surface area contributed by atoms with Crippen molar-refractivity contribution in [3.8, 4) is 5.88 Å². The minimum atomic E-state index is -0.215. The van der Waals surface area contributed by atoms with Gasteiger partial charge in [-0.05, 0) is 27.2 Å². The van der Waals surface area contributed by atoms with E-state index in [1.54, 1.807) is 13.0 Å². The van der Waals surface area contributed by atoms with Crippen LogP contribution in [0, 0.1) is 6.92 Å². The number of anilines is 1. The first kappa shape index (κ1) is 10.8. The summed E-state index contributed by atoms with van der Waals surface area (Å²) in [6.07, 6.45) is 0.913. The average Bonchev–Trinajstić information content (AvgIpc) is 2.01. The summed E-state index contributed by atoms with van der Waals surface area (Å²) in [5, 5.41) is 0. The number of ether oxygens (including phenoxy) is 1. The number of nitrogens with two attached hydrogens (primary N) is 1. The molecule has 0 saturated heterocycles. The summed E-state index contributed by atoms with van der Waals surface area (Å²) in [5.41, 5.74) is 5.37. The van der Waals surface area contributed by atoms with Crippen LogP contribution in [0.5, 0.6) is 5.88 Å². The fraction of sp³-hybridized carbons (Fsp3) is 0.600. The zero-order chi connectivity index (χ0) is 10.8. The Morgan fingerprint density at radius 1 is 1.43 bits per heavy atom. The van der Waals surface area contributed by atoms with E-state index in [9.17, 15) is 0 Å². The maximum absolute atomic E-state index is 5.68. The van der Waals surface area contributed by atoms with Crippen LogP contribution in [-0.4, -0.2) is 15.6 Å². The van der Waals surface area contributed by atoms with Crippen LogP contribution in [0.25, 0.3) is 0 Å². The maximum Gasteiger partial charge on any atom is 0.219 e. The Labute approximate surface area is 84.5 Å². The fourth-order valence-electron chi connectivity index (χ4n) is 0.970. The van der Waals surface area contributed by atoms with Gasteiger partial charge in [-0.3, -0.25) is 0 Å². The molecule has 0 spiro atoms. The number of rotatable bonds is 3. The number of nitrogens with zero attached hydrogens (tertiary/aromatic N) is 2. The van der Waals surface area contributed by atoms with Crippen molar-refractivity contribution < 1.29 is 4.74 Å². The lowest BCUT2D eigenvalue weighted by Crippen LogP contribution is -2.27. The van der Waals surface area contributed by atoms with Gasteiger partial charge in [-0.15, -0.1) is 0 Å². The number of nitrogen functional groups attached to an aromatic ring is 1. The summed E-state index contributed by atoms with van der Waals surface area (Å²) in [6.45, 7) is 7.89. The van der Waals surface area contributed by atoms with Crippen LogP contribution < -0.4 is 10.5 Å². The summed E-state index contributed by atoms with van der Waals surface area (Å²) >= 11 is 0. The lowest BCUT2D eigenvalue weighted by Gasteiger charge is -2.24. The molecule has 0 atom stereocenters. The molecular formula is C10H17N3O. The van der Waals surface area contributed by atoms with Gasteiger partial charge in [0.25, 0.3) is 0 Å². The maximum atomic E-state index is 5.68. The molecule has 0 aliphatic rings. The summed E-state index contributed by atoms with van der Waals surface area (Å²) in [6, 6.07) is 1.64. The second-order valence-electron chi connectivity index (χ2n) is 3.89. The average molecular weight is 195 g/mol. The fourth-order valence-corrected chi connectivity index (χ4v) is 0.970. The molecule has 0 aliphatic heterocycles. The molecule has 1 aromatic heterocycles. The van der Waals surface area contributed by atoms with E-state index in [0.717, 1.165) is 6.42 Å². The highest BCUT2D eigenvalue weighted by molar-refractivity contribution is 5.32. The highest BCUT2D eigenvalue weighted by atomic mass is 16.5. The Hall–Kier alpha value is -1.32. The van der Waals surface area contributed by atoms with Crippen molar-refractivity contribution >= 4 is 5.82 Å². The second kappa shape index (κ2) is 3.82. The molecule has 0 unspecified atom stereocenters. The topological polar surface area (TPSA) is 61.0 Å². The van der Waals surface area contributed by atoms with Gasteiger partial charge in [-0.1, -0.05) is 6.92 Å². The van der Waals surface area contributed by atoms with E-state index in [0.29, 0.717) is 17.5 Å². The first-order chi connectivity index (χ1) is 6.43. The standard InChI is InChI=1S/C10H17N3O/c1-5-10(3,4)14-9-6-8(11)12-7(2)13-9/h6H,5H2,1-4H3,(H2,11,12,13). The number of aromatic nitrogens is 2. The van der Waals surface area contributed by atoms with Gasteiger partial charge in [0.05, 0.1) is 0 Å². The summed E-state index contributed by atoms with van der Waals surface area (Å²) in [7, 11) is 0. The molecule has 2 N–H and O–H groups in total. The Balaban J connectivity index is 2.87. The van der Waals surface area contributed by atoms with Gasteiger partial charge in [-0.2, -0.15) is 4.98 Å². The first-order valence-corrected chi connectivity index (χ1v) is 4.73. The SMILES string of the molecule is CCC(C)(C)Oc1cc(N)nc(C)n1. The number of hydrogen-bond acceptors (Lipinski definition) is 4. The molecule has 4 heteroatoms.